The monoisotopic (exact) mass is 520 g/mol. The lowest BCUT2D eigenvalue weighted by atomic mass is 9.88. The number of nitrogens with zero attached hydrogens (tertiary/aromatic N) is 1. The number of alkyl halides is 3. The van der Waals surface area contributed by atoms with Gasteiger partial charge in [0, 0.05) is 35.4 Å². The number of benzene rings is 2. The predicted octanol–water partition coefficient (Wildman–Crippen LogP) is 5.30. The third-order valence-corrected chi connectivity index (χ3v) is 6.50. The van der Waals surface area contributed by atoms with Crippen LogP contribution in [0.5, 0.6) is 11.5 Å². The first-order valence-electron chi connectivity index (χ1n) is 11.6. The lowest BCUT2D eigenvalue weighted by Gasteiger charge is -2.37. The molecule has 10 heteroatoms. The Kier molecular flexibility index (Phi) is 6.61. The van der Waals surface area contributed by atoms with E-state index in [1.54, 1.807) is 0 Å². The molecule has 36 heavy (non-hydrogen) atoms. The molecule has 0 saturated carbocycles. The second-order valence-electron chi connectivity index (χ2n) is 8.72. The van der Waals surface area contributed by atoms with E-state index in [9.17, 15) is 18.0 Å². The molecule has 2 aromatic rings. The molecular weight excluding hydrogens is 497 g/mol. The van der Waals surface area contributed by atoms with Gasteiger partial charge in [0.05, 0.1) is 13.2 Å². The minimum absolute atomic E-state index is 0.160. The smallest absolute Gasteiger partial charge is 0.424 e. The largest absolute Gasteiger partial charge is 0.492 e. The molecule has 1 fully saturated rings. The zero-order chi connectivity index (χ0) is 25.3. The minimum atomic E-state index is -5.06. The predicted molar refractivity (Wildman–Crippen MR) is 127 cm³/mol. The van der Waals surface area contributed by atoms with Crippen molar-refractivity contribution in [3.8, 4) is 11.5 Å². The zero-order valence-electron chi connectivity index (χ0n) is 19.2. The van der Waals surface area contributed by atoms with E-state index in [4.69, 9.17) is 25.8 Å². The number of carbonyl (C=O) groups excluding carboxylic acids is 1. The molecule has 2 heterocycles. The van der Waals surface area contributed by atoms with E-state index in [1.165, 1.54) is 18.2 Å². The Labute approximate surface area is 211 Å². The fraction of sp³-hybridized carbons (Fsp3) is 0.346. The maximum absolute atomic E-state index is 14.3. The van der Waals surface area contributed by atoms with Gasteiger partial charge < -0.3 is 19.1 Å². The Morgan fingerprint density at radius 2 is 1.75 bits per heavy atom. The Hall–Kier alpha value is -3.17. The molecule has 1 atom stereocenters. The van der Waals surface area contributed by atoms with E-state index in [-0.39, 0.29) is 22.1 Å². The van der Waals surface area contributed by atoms with Gasteiger partial charge in [-0.25, -0.2) is 0 Å². The van der Waals surface area contributed by atoms with E-state index in [1.807, 2.05) is 46.6 Å². The van der Waals surface area contributed by atoms with Crippen LogP contribution in [0.15, 0.2) is 65.4 Å². The molecule has 1 amide bonds. The van der Waals surface area contributed by atoms with Crippen LogP contribution in [0.2, 0.25) is 5.02 Å². The third kappa shape index (κ3) is 4.77. The van der Waals surface area contributed by atoms with Crippen molar-refractivity contribution in [1.82, 2.24) is 10.2 Å². The Morgan fingerprint density at radius 3 is 2.47 bits per heavy atom. The number of allylic oxidation sites excluding steroid dienone is 1. The summed E-state index contributed by atoms with van der Waals surface area (Å²) in [4.78, 5) is 15.5. The summed E-state index contributed by atoms with van der Waals surface area (Å²) >= 11 is 5.91. The molecule has 5 rings (SSSR count). The average Bonchev–Trinajstić information content (AvgIpc) is 3.23. The molecule has 0 aromatic heterocycles. The van der Waals surface area contributed by atoms with Crippen LogP contribution in [0.3, 0.4) is 0 Å². The van der Waals surface area contributed by atoms with Crippen LogP contribution in [0.25, 0.3) is 6.08 Å². The SMILES string of the molecule is O=C(NC1(C(F)(F)F)Oc2ccc(Cl)cc2O1)C1=C(N2CCOCC2)C(=Cc2ccccc2)CCC1. The molecule has 2 aromatic carbocycles. The topological polar surface area (TPSA) is 60.0 Å². The van der Waals surface area contributed by atoms with Crippen molar-refractivity contribution in [2.75, 3.05) is 26.3 Å². The summed E-state index contributed by atoms with van der Waals surface area (Å²) in [5.41, 5.74) is 2.74. The second kappa shape index (κ2) is 9.71. The van der Waals surface area contributed by atoms with Crippen molar-refractivity contribution < 1.29 is 32.2 Å². The van der Waals surface area contributed by atoms with Gasteiger partial charge in [-0.1, -0.05) is 41.9 Å². The molecule has 1 saturated heterocycles. The molecule has 1 unspecified atom stereocenters. The number of hydrogen-bond acceptors (Lipinski definition) is 5. The normalized spacial score (nSPS) is 23.2. The number of carbonyl (C=O) groups is 1. The van der Waals surface area contributed by atoms with Gasteiger partial charge in [-0.3, -0.25) is 10.1 Å². The fourth-order valence-electron chi connectivity index (χ4n) is 4.62. The maximum atomic E-state index is 14.3. The van der Waals surface area contributed by atoms with E-state index < -0.39 is 18.0 Å². The highest BCUT2D eigenvalue weighted by atomic mass is 35.5. The summed E-state index contributed by atoms with van der Waals surface area (Å²) in [7, 11) is 0. The van der Waals surface area contributed by atoms with Gasteiger partial charge in [0.2, 0.25) is 0 Å². The van der Waals surface area contributed by atoms with E-state index in [2.05, 4.69) is 0 Å². The molecule has 190 valence electrons. The highest BCUT2D eigenvalue weighted by molar-refractivity contribution is 6.30. The molecule has 3 aliphatic rings. The summed E-state index contributed by atoms with van der Waals surface area (Å²) in [6, 6.07) is 13.5. The quantitative estimate of drug-likeness (QED) is 0.593. The number of halogens is 4. The van der Waals surface area contributed by atoms with Gasteiger partial charge >= 0.3 is 12.1 Å². The van der Waals surface area contributed by atoms with Crippen LogP contribution in [-0.4, -0.2) is 49.2 Å². The number of nitrogens with one attached hydrogen (secondary N) is 1. The average molecular weight is 521 g/mol. The summed E-state index contributed by atoms with van der Waals surface area (Å²) in [6.07, 6.45) is -1.45. The first-order chi connectivity index (χ1) is 17.3. The van der Waals surface area contributed by atoms with Gasteiger partial charge in [-0.2, -0.15) is 13.2 Å². The first kappa shape index (κ1) is 24.5. The molecule has 0 bridgehead atoms. The summed E-state index contributed by atoms with van der Waals surface area (Å²) in [6.45, 7) is 1.98. The lowest BCUT2D eigenvalue weighted by molar-refractivity contribution is -0.319. The zero-order valence-corrected chi connectivity index (χ0v) is 20.0. The van der Waals surface area contributed by atoms with Gasteiger partial charge in [0.25, 0.3) is 5.91 Å². The van der Waals surface area contributed by atoms with Crippen molar-refractivity contribution >= 4 is 23.6 Å². The number of fused-ring (bicyclic) bond motifs is 1. The van der Waals surface area contributed by atoms with Crippen LogP contribution in [0, 0.1) is 0 Å². The molecule has 1 N–H and O–H groups in total. The molecule has 2 aliphatic heterocycles. The van der Waals surface area contributed by atoms with Gasteiger partial charge in [-0.05, 0) is 48.6 Å². The molecule has 6 nitrogen and oxygen atoms in total. The Balaban J connectivity index is 1.53. The van der Waals surface area contributed by atoms with Crippen LogP contribution in [0.4, 0.5) is 13.2 Å². The van der Waals surface area contributed by atoms with E-state index >= 15 is 0 Å². The number of morpholine rings is 1. The Bertz CT molecular complexity index is 1210. The number of ether oxygens (including phenoxy) is 3. The molecule has 0 spiro atoms. The highest BCUT2D eigenvalue weighted by Gasteiger charge is 2.66. The fourth-order valence-corrected chi connectivity index (χ4v) is 4.78. The van der Waals surface area contributed by atoms with Crippen molar-refractivity contribution in [1.29, 1.82) is 0 Å². The third-order valence-electron chi connectivity index (χ3n) is 6.27. The highest BCUT2D eigenvalue weighted by Crippen LogP contribution is 2.46. The van der Waals surface area contributed by atoms with Crippen molar-refractivity contribution in [3.05, 3.63) is 76.0 Å². The second-order valence-corrected chi connectivity index (χ2v) is 9.16. The van der Waals surface area contributed by atoms with Gasteiger partial charge in [-0.15, -0.1) is 0 Å². The standard InChI is InChI=1S/C26H24ClF3N2O4/c27-19-9-10-21-22(16-19)36-26(35-21,25(28,29)30)31-24(33)20-8-4-7-18(15-17-5-2-1-3-6-17)23(20)32-11-13-34-14-12-32/h1-3,5-6,9-10,15-16H,4,7-8,11-14H2,(H,31,33). The molecular formula is C26H24ClF3N2O4. The maximum Gasteiger partial charge on any atom is 0.492 e. The van der Waals surface area contributed by atoms with Crippen molar-refractivity contribution in [3.63, 3.8) is 0 Å². The van der Waals surface area contributed by atoms with Gasteiger partial charge in [0.15, 0.2) is 11.5 Å². The number of hydrogen-bond donors (Lipinski definition) is 1. The van der Waals surface area contributed by atoms with Crippen LogP contribution in [0.1, 0.15) is 24.8 Å². The number of amides is 1. The summed E-state index contributed by atoms with van der Waals surface area (Å²) < 4.78 is 58.6. The number of rotatable bonds is 4. The van der Waals surface area contributed by atoms with Gasteiger partial charge in [0.1, 0.15) is 0 Å². The Morgan fingerprint density at radius 1 is 1.03 bits per heavy atom. The molecule has 0 radical (unpaired) electrons. The summed E-state index contributed by atoms with van der Waals surface area (Å²) in [5.74, 6) is -4.61. The van der Waals surface area contributed by atoms with E-state index in [0.717, 1.165) is 11.1 Å². The van der Waals surface area contributed by atoms with Crippen LogP contribution >= 0.6 is 11.6 Å². The first-order valence-corrected chi connectivity index (χ1v) is 12.0. The van der Waals surface area contributed by atoms with Crippen molar-refractivity contribution in [2.45, 2.75) is 31.3 Å². The van der Waals surface area contributed by atoms with Crippen molar-refractivity contribution in [2.24, 2.45) is 0 Å². The summed E-state index contributed by atoms with van der Waals surface area (Å²) in [5, 5.41) is 2.21. The lowest BCUT2D eigenvalue weighted by Crippen LogP contribution is -2.65. The van der Waals surface area contributed by atoms with Crippen LogP contribution < -0.4 is 14.8 Å². The van der Waals surface area contributed by atoms with Crippen LogP contribution in [-0.2, 0) is 9.53 Å². The molecule has 1 aliphatic carbocycles. The van der Waals surface area contributed by atoms with E-state index in [0.29, 0.717) is 51.3 Å². The minimum Gasteiger partial charge on any atom is -0.424 e.